The molecule has 1 atom stereocenters. The predicted octanol–water partition coefficient (Wildman–Crippen LogP) is 3.60. The van der Waals surface area contributed by atoms with Crippen molar-refractivity contribution in [2.75, 3.05) is 13.2 Å². The fourth-order valence-electron chi connectivity index (χ4n) is 3.85. The molecule has 0 amide bonds. The molecule has 1 aliphatic rings. The number of hydrogen-bond acceptors (Lipinski definition) is 4. The molecule has 1 aromatic heterocycles. The van der Waals surface area contributed by atoms with E-state index in [1.165, 1.54) is 16.4 Å². The standard InChI is InChI=1S/C23H25FN2O4S/c1-2-16-5-10-22-17(12-16)13-18(23(27)25-22)14-26(15-20-4-3-11-30-20)31(28,29)21-8-6-19(24)7-9-21/h5-10,12-13,20H,2-4,11,14-15H2,1H3,(H,25,27). The first kappa shape index (κ1) is 21.7. The molecular formula is C23H25FN2O4S. The van der Waals surface area contributed by atoms with Crippen LogP contribution in [0.2, 0.25) is 0 Å². The van der Waals surface area contributed by atoms with Crippen LogP contribution in [0.3, 0.4) is 0 Å². The lowest BCUT2D eigenvalue weighted by Gasteiger charge is -2.25. The van der Waals surface area contributed by atoms with Crippen LogP contribution >= 0.6 is 0 Å². The molecule has 2 heterocycles. The number of nitrogens with one attached hydrogen (secondary N) is 1. The normalized spacial score (nSPS) is 16.9. The van der Waals surface area contributed by atoms with Crippen molar-refractivity contribution in [1.29, 1.82) is 0 Å². The molecule has 3 aromatic rings. The number of aryl methyl sites for hydroxylation is 1. The van der Waals surface area contributed by atoms with Crippen molar-refractivity contribution < 1.29 is 17.5 Å². The van der Waals surface area contributed by atoms with Gasteiger partial charge in [-0.2, -0.15) is 4.31 Å². The van der Waals surface area contributed by atoms with E-state index in [0.717, 1.165) is 42.3 Å². The molecule has 0 saturated carbocycles. The van der Waals surface area contributed by atoms with Crippen LogP contribution in [0.25, 0.3) is 10.9 Å². The molecule has 6 nitrogen and oxygen atoms in total. The summed E-state index contributed by atoms with van der Waals surface area (Å²) >= 11 is 0. The number of fused-ring (bicyclic) bond motifs is 1. The van der Waals surface area contributed by atoms with Crippen molar-refractivity contribution in [1.82, 2.24) is 9.29 Å². The first-order valence-corrected chi connectivity index (χ1v) is 11.8. The predicted molar refractivity (Wildman–Crippen MR) is 117 cm³/mol. The Morgan fingerprint density at radius 2 is 1.94 bits per heavy atom. The van der Waals surface area contributed by atoms with Gasteiger partial charge in [-0.1, -0.05) is 13.0 Å². The molecular weight excluding hydrogens is 419 g/mol. The highest BCUT2D eigenvalue weighted by Gasteiger charge is 2.30. The van der Waals surface area contributed by atoms with Gasteiger partial charge < -0.3 is 9.72 Å². The average Bonchev–Trinajstić information content (AvgIpc) is 3.27. The van der Waals surface area contributed by atoms with Crippen molar-refractivity contribution in [3.8, 4) is 0 Å². The van der Waals surface area contributed by atoms with E-state index in [1.54, 1.807) is 6.07 Å². The van der Waals surface area contributed by atoms with Crippen LogP contribution in [0, 0.1) is 5.82 Å². The van der Waals surface area contributed by atoms with Crippen molar-refractivity contribution in [3.63, 3.8) is 0 Å². The lowest BCUT2D eigenvalue weighted by atomic mass is 10.1. The van der Waals surface area contributed by atoms with Crippen molar-refractivity contribution in [2.24, 2.45) is 0 Å². The number of rotatable bonds is 7. The summed E-state index contributed by atoms with van der Waals surface area (Å²) in [5.41, 5.74) is 1.85. The Balaban J connectivity index is 1.72. The quantitative estimate of drug-likeness (QED) is 0.604. The van der Waals surface area contributed by atoms with E-state index >= 15 is 0 Å². The Kier molecular flexibility index (Phi) is 6.22. The zero-order chi connectivity index (χ0) is 22.0. The van der Waals surface area contributed by atoms with E-state index in [2.05, 4.69) is 4.98 Å². The van der Waals surface area contributed by atoms with E-state index in [4.69, 9.17) is 4.74 Å². The number of benzene rings is 2. The molecule has 1 saturated heterocycles. The van der Waals surface area contributed by atoms with Gasteiger partial charge in [-0.25, -0.2) is 12.8 Å². The van der Waals surface area contributed by atoms with E-state index in [-0.39, 0.29) is 29.6 Å². The number of ether oxygens (including phenoxy) is 1. The third-order valence-electron chi connectivity index (χ3n) is 5.62. The van der Waals surface area contributed by atoms with Crippen LogP contribution in [-0.2, 0) is 27.7 Å². The maximum absolute atomic E-state index is 13.3. The van der Waals surface area contributed by atoms with Gasteiger partial charge in [-0.05, 0) is 72.7 Å². The zero-order valence-corrected chi connectivity index (χ0v) is 18.1. The molecule has 1 aliphatic heterocycles. The fraction of sp³-hybridized carbons (Fsp3) is 0.348. The highest BCUT2D eigenvalue weighted by atomic mass is 32.2. The number of pyridine rings is 1. The van der Waals surface area contributed by atoms with Gasteiger partial charge in [0.2, 0.25) is 10.0 Å². The highest BCUT2D eigenvalue weighted by Crippen LogP contribution is 2.23. The highest BCUT2D eigenvalue weighted by molar-refractivity contribution is 7.89. The molecule has 31 heavy (non-hydrogen) atoms. The monoisotopic (exact) mass is 444 g/mol. The third kappa shape index (κ3) is 4.71. The maximum Gasteiger partial charge on any atom is 0.252 e. The van der Waals surface area contributed by atoms with E-state index in [9.17, 15) is 17.6 Å². The minimum absolute atomic E-state index is 0.0163. The summed E-state index contributed by atoms with van der Waals surface area (Å²) < 4.78 is 46.9. The van der Waals surface area contributed by atoms with E-state index in [0.29, 0.717) is 17.7 Å². The summed E-state index contributed by atoms with van der Waals surface area (Å²) in [4.78, 5) is 15.5. The maximum atomic E-state index is 13.3. The van der Waals surface area contributed by atoms with Crippen LogP contribution in [0.5, 0.6) is 0 Å². The van der Waals surface area contributed by atoms with Crippen LogP contribution < -0.4 is 5.56 Å². The molecule has 4 rings (SSSR count). The number of halogens is 1. The van der Waals surface area contributed by atoms with Crippen molar-refractivity contribution in [2.45, 2.75) is 43.7 Å². The summed E-state index contributed by atoms with van der Waals surface area (Å²) in [6.07, 6.45) is 2.24. The molecule has 2 aromatic carbocycles. The van der Waals surface area contributed by atoms with Crippen LogP contribution in [-0.4, -0.2) is 37.0 Å². The summed E-state index contributed by atoms with van der Waals surface area (Å²) in [5, 5.41) is 0.852. The summed E-state index contributed by atoms with van der Waals surface area (Å²) in [5.74, 6) is -0.512. The minimum Gasteiger partial charge on any atom is -0.377 e. The van der Waals surface area contributed by atoms with Gasteiger partial charge in [0.15, 0.2) is 0 Å². The first-order valence-electron chi connectivity index (χ1n) is 10.4. The van der Waals surface area contributed by atoms with Crippen LogP contribution in [0.1, 0.15) is 30.9 Å². The number of nitrogens with zero attached hydrogens (tertiary/aromatic N) is 1. The number of sulfonamides is 1. The van der Waals surface area contributed by atoms with E-state index < -0.39 is 15.8 Å². The molecule has 1 fully saturated rings. The zero-order valence-electron chi connectivity index (χ0n) is 17.3. The van der Waals surface area contributed by atoms with Crippen LogP contribution in [0.15, 0.2) is 58.2 Å². The minimum atomic E-state index is -3.95. The Morgan fingerprint density at radius 1 is 1.16 bits per heavy atom. The van der Waals surface area contributed by atoms with Gasteiger partial charge in [-0.3, -0.25) is 4.79 Å². The van der Waals surface area contributed by atoms with Gasteiger partial charge in [-0.15, -0.1) is 0 Å². The topological polar surface area (TPSA) is 79.5 Å². The van der Waals surface area contributed by atoms with Crippen molar-refractivity contribution >= 4 is 20.9 Å². The Hall–Kier alpha value is -2.55. The largest absolute Gasteiger partial charge is 0.377 e. The van der Waals surface area contributed by atoms with Gasteiger partial charge >= 0.3 is 0 Å². The SMILES string of the molecule is CCc1ccc2[nH]c(=O)c(CN(CC3CCCO3)S(=O)(=O)c3ccc(F)cc3)cc2c1. The molecule has 0 radical (unpaired) electrons. The Bertz CT molecular complexity index is 1230. The smallest absolute Gasteiger partial charge is 0.252 e. The van der Waals surface area contributed by atoms with Gasteiger partial charge in [0.05, 0.1) is 11.0 Å². The fourth-order valence-corrected chi connectivity index (χ4v) is 5.30. The molecule has 1 unspecified atom stereocenters. The summed E-state index contributed by atoms with van der Waals surface area (Å²) in [6, 6.07) is 12.3. The second kappa shape index (κ2) is 8.90. The molecule has 0 aliphatic carbocycles. The van der Waals surface area contributed by atoms with Gasteiger partial charge in [0.1, 0.15) is 5.82 Å². The lowest BCUT2D eigenvalue weighted by Crippen LogP contribution is -2.38. The van der Waals surface area contributed by atoms with Crippen molar-refractivity contribution in [3.05, 3.63) is 75.8 Å². The van der Waals surface area contributed by atoms with Gasteiger partial charge in [0.25, 0.3) is 5.56 Å². The van der Waals surface area contributed by atoms with Gasteiger partial charge in [0, 0.05) is 30.8 Å². The second-order valence-corrected chi connectivity index (χ2v) is 9.72. The Labute approximate surface area is 180 Å². The number of aromatic nitrogens is 1. The number of hydrogen-bond donors (Lipinski definition) is 1. The van der Waals surface area contributed by atoms with E-state index in [1.807, 2.05) is 25.1 Å². The molecule has 0 spiro atoms. The molecule has 8 heteroatoms. The Morgan fingerprint density at radius 3 is 2.61 bits per heavy atom. The summed E-state index contributed by atoms with van der Waals surface area (Å²) in [6.45, 7) is 2.67. The molecule has 1 N–H and O–H groups in total. The first-order chi connectivity index (χ1) is 14.9. The number of aromatic amines is 1. The summed E-state index contributed by atoms with van der Waals surface area (Å²) in [7, 11) is -3.95. The second-order valence-electron chi connectivity index (χ2n) is 7.79. The van der Waals surface area contributed by atoms with Crippen LogP contribution in [0.4, 0.5) is 4.39 Å². The number of H-pyrrole nitrogens is 1. The lowest BCUT2D eigenvalue weighted by molar-refractivity contribution is 0.0925. The molecule has 164 valence electrons. The average molecular weight is 445 g/mol. The third-order valence-corrected chi connectivity index (χ3v) is 7.45. The molecule has 0 bridgehead atoms.